The fourth-order valence-electron chi connectivity index (χ4n) is 12.5. The molecule has 0 aliphatic carbocycles. The van der Waals surface area contributed by atoms with Crippen LogP contribution in [0.3, 0.4) is 0 Å². The third-order valence-corrected chi connectivity index (χ3v) is 26.2. The van der Waals surface area contributed by atoms with E-state index in [4.69, 9.17) is 102 Å². The molecule has 13 rings (SSSR count). The van der Waals surface area contributed by atoms with Gasteiger partial charge in [-0.1, -0.05) is 180 Å². The molecular weight excluding hydrogens is 1910 g/mol. The van der Waals surface area contributed by atoms with Gasteiger partial charge in [-0.15, -0.1) is 45.3 Å². The van der Waals surface area contributed by atoms with Crippen LogP contribution in [0.5, 0.6) is 0 Å². The molecular formula is C101H101Cl4N9O19S4. The number of ether oxygens (including phenoxy) is 4. The van der Waals surface area contributed by atoms with Gasteiger partial charge in [0.15, 0.2) is 34.5 Å². The number of alkyl carbamates (subject to hydrolysis) is 4. The van der Waals surface area contributed by atoms with Crippen LogP contribution in [-0.2, 0) is 80.6 Å². The Morgan fingerprint density at radius 2 is 0.745 bits per heavy atom. The van der Waals surface area contributed by atoms with E-state index in [2.05, 4.69) is 31.9 Å². The molecule has 28 nitrogen and oxygen atoms in total. The average Bonchev–Trinajstić information content (AvgIpc) is 1.56. The van der Waals surface area contributed by atoms with E-state index in [9.17, 15) is 52.7 Å². The summed E-state index contributed by atoms with van der Waals surface area (Å²) in [6.07, 6.45) is -2.97. The third-order valence-electron chi connectivity index (χ3n) is 20.7. The van der Waals surface area contributed by atoms with Gasteiger partial charge in [-0.05, 0) is 226 Å². The lowest BCUT2D eigenvalue weighted by molar-refractivity contribution is -0.143. The Hall–Kier alpha value is -13.5. The van der Waals surface area contributed by atoms with Crippen molar-refractivity contribution >= 4 is 190 Å². The highest BCUT2D eigenvalue weighted by Crippen LogP contribution is 2.39. The van der Waals surface area contributed by atoms with Crippen molar-refractivity contribution in [2.75, 3.05) is 16.4 Å². The maximum absolute atomic E-state index is 13.3. The average molecular weight is 2020 g/mol. The first-order valence-corrected chi connectivity index (χ1v) is 46.6. The highest BCUT2D eigenvalue weighted by atomic mass is 35.5. The summed E-state index contributed by atoms with van der Waals surface area (Å²) < 4.78 is 20.6. The number of aliphatic imine (C=N–C) groups is 1. The zero-order valence-corrected chi connectivity index (χ0v) is 83.3. The number of carboxylic acids is 2. The molecule has 2 atom stereocenters. The van der Waals surface area contributed by atoms with E-state index in [1.807, 2.05) is 189 Å². The van der Waals surface area contributed by atoms with Crippen molar-refractivity contribution in [1.82, 2.24) is 21.3 Å². The second-order valence-electron chi connectivity index (χ2n) is 32.1. The van der Waals surface area contributed by atoms with Crippen LogP contribution in [0.4, 0.5) is 34.2 Å². The first-order chi connectivity index (χ1) is 64.6. The summed E-state index contributed by atoms with van der Waals surface area (Å²) in [4.78, 5) is 165. The SMILES string of the molecule is CC(C)(NC(=O)OCc1ccccc1)C(=O)O.Cc1sc(N)c(C(=O)c2ccc(Cl)cc2)c1C.Cc1sc(NC(=O)C(C)(C)NC(=O)OCc2ccccc2)c(C(=O)c2ccc(Cl)cc2)c1C.Cc1sc(NC(=O)C(C)(N)NC(=O)OCc2ccccc2)c(C(=O)c2ccc(Cl)cc2)c1C.Cc1sc2c(c1C)C(c1ccc(Cl)cc1)=NC(C)(NC(=O)OCc1ccccc1)C(=O)C2.O=CC(=O)O. The van der Waals surface area contributed by atoms with E-state index in [0.29, 0.717) is 74.2 Å². The van der Waals surface area contributed by atoms with Crippen LogP contribution in [0.1, 0.15) is 169 Å². The number of thiophene rings is 4. The number of nitrogens with two attached hydrogens (primary N) is 2. The summed E-state index contributed by atoms with van der Waals surface area (Å²) in [5.74, 6) is -4.40. The number of nitrogens with one attached hydrogen (secondary N) is 6. The van der Waals surface area contributed by atoms with Gasteiger partial charge in [-0.2, -0.15) is 0 Å². The number of aldehydes is 1. The number of fused-ring (bicyclic) bond motifs is 1. The van der Waals surface area contributed by atoms with Crippen LogP contribution in [0.15, 0.2) is 223 Å². The summed E-state index contributed by atoms with van der Waals surface area (Å²) in [6.45, 7) is 24.6. The fourth-order valence-corrected chi connectivity index (χ4v) is 17.2. The summed E-state index contributed by atoms with van der Waals surface area (Å²) in [7, 11) is 0. The minimum Gasteiger partial charge on any atom is -0.480 e. The number of aryl methyl sites for hydroxylation is 4. The van der Waals surface area contributed by atoms with Crippen LogP contribution in [-0.4, -0.2) is 116 Å². The maximum atomic E-state index is 13.3. The monoisotopic (exact) mass is 2010 g/mol. The van der Waals surface area contributed by atoms with Crippen LogP contribution >= 0.6 is 91.8 Å². The number of halogens is 4. The molecule has 716 valence electrons. The molecule has 1 aliphatic heterocycles. The van der Waals surface area contributed by atoms with Crippen molar-refractivity contribution in [2.45, 2.75) is 152 Å². The van der Waals surface area contributed by atoms with Crippen LogP contribution < -0.4 is 43.4 Å². The largest absolute Gasteiger partial charge is 0.480 e. The number of carbonyl (C=O) groups is 13. The van der Waals surface area contributed by atoms with Crippen molar-refractivity contribution in [1.29, 1.82) is 0 Å². The van der Waals surface area contributed by atoms with Gasteiger partial charge in [0.05, 0.1) is 27.4 Å². The molecule has 0 fully saturated rings. The number of carboxylic acid groups (broad SMARTS) is 2. The molecule has 8 aromatic carbocycles. The van der Waals surface area contributed by atoms with Crippen molar-refractivity contribution in [3.63, 3.8) is 0 Å². The van der Waals surface area contributed by atoms with Gasteiger partial charge in [-0.25, -0.2) is 33.8 Å². The number of benzene rings is 8. The molecule has 12 aromatic rings. The zero-order valence-electron chi connectivity index (χ0n) is 77.0. The molecule has 0 saturated carbocycles. The summed E-state index contributed by atoms with van der Waals surface area (Å²) in [6, 6.07) is 64.2. The Morgan fingerprint density at radius 3 is 1.09 bits per heavy atom. The Balaban J connectivity index is 0.000000213. The molecule has 4 aromatic heterocycles. The number of anilines is 3. The van der Waals surface area contributed by atoms with E-state index in [1.54, 1.807) is 117 Å². The molecule has 36 heteroatoms. The van der Waals surface area contributed by atoms with E-state index in [-0.39, 0.29) is 62.3 Å². The maximum Gasteiger partial charge on any atom is 0.409 e. The standard InChI is InChI=1S/C25H25ClN2O4S.C25H23ClN2O3S.C24H24ClN3O4S.C13H12ClNOS.C12H15NO4.C2H2O3/c1-15-16(2)33-22(20(15)21(29)18-10-12-19(26)13-11-18)27-23(30)25(3,4)28-24(31)32-14-17-8-6-5-7-9-17;1-15-16(2)32-20-13-21(29)25(3,28-24(30)31-14-17-7-5-4-6-8-17)27-23(22(15)20)18-9-11-19(26)12-10-18;1-14-15(2)33-21(19(14)20(29)17-9-11-18(25)12-10-17)27-22(30)24(3,26)28-23(31)32-13-16-7-5-4-6-8-16;1-7-8(2)17-13(15)11(7)12(16)9-3-5-10(14)6-4-9;1-12(2,10(14)15)13-11(16)17-8-9-6-4-3-5-7-9;3-1-2(4)5/h5-13H,14H2,1-4H3,(H,27,30)(H,28,31);4-12H,13-14H2,1-3H3,(H,28,30);4-12H,13,26H2,1-3H3,(H,27,30)(H,28,31);3-6H,15H2,1-2H3;3-7H,8H2,1-2H3,(H,13,16)(H,14,15);1H,(H,4,5). The Morgan fingerprint density at radius 1 is 0.431 bits per heavy atom. The molecule has 0 spiro atoms. The molecule has 12 N–H and O–H groups in total. The first-order valence-electron chi connectivity index (χ1n) is 41.9. The summed E-state index contributed by atoms with van der Waals surface area (Å²) in [5.41, 5.74) is 18.4. The Labute approximate surface area is 827 Å². The lowest BCUT2D eigenvalue weighted by Crippen LogP contribution is -2.61. The molecule has 6 amide bonds. The van der Waals surface area contributed by atoms with Crippen molar-refractivity contribution in [2.24, 2.45) is 10.7 Å². The van der Waals surface area contributed by atoms with Gasteiger partial charge < -0.3 is 61.9 Å². The number of nitrogen functional groups attached to an aromatic ring is 1. The molecule has 137 heavy (non-hydrogen) atoms. The number of hydrogen-bond acceptors (Lipinski definition) is 24. The predicted octanol–water partition coefficient (Wildman–Crippen LogP) is 21.2. The van der Waals surface area contributed by atoms with Gasteiger partial charge >= 0.3 is 36.3 Å². The van der Waals surface area contributed by atoms with Crippen LogP contribution in [0.2, 0.25) is 20.1 Å². The van der Waals surface area contributed by atoms with E-state index < -0.39 is 70.5 Å². The molecule has 0 radical (unpaired) electrons. The Bertz CT molecular complexity index is 6200. The quantitative estimate of drug-likeness (QED) is 0.00835. The van der Waals surface area contributed by atoms with Gasteiger partial charge in [0.2, 0.25) is 12.2 Å². The molecule has 1 aliphatic rings. The lowest BCUT2D eigenvalue weighted by Gasteiger charge is -2.24. The minimum atomic E-state index is -1.78. The second kappa shape index (κ2) is 49.8. The number of nitrogens with zero attached hydrogens (tertiary/aromatic N) is 1. The van der Waals surface area contributed by atoms with Gasteiger partial charge in [0.25, 0.3) is 5.91 Å². The Kier molecular flexibility index (Phi) is 39.5. The highest BCUT2D eigenvalue weighted by Gasteiger charge is 2.41. The lowest BCUT2D eigenvalue weighted by atomic mass is 9.98. The number of aliphatic carboxylic acids is 2. The molecule has 5 heterocycles. The first kappa shape index (κ1) is 109. The molecule has 0 bridgehead atoms. The smallest absolute Gasteiger partial charge is 0.409 e. The fraction of sp³-hybridized carbons (Fsp3) is 0.228. The van der Waals surface area contributed by atoms with Crippen LogP contribution in [0, 0.1) is 55.4 Å². The summed E-state index contributed by atoms with van der Waals surface area (Å²) in [5, 5.41) is 35.2. The van der Waals surface area contributed by atoms with Gasteiger partial charge in [0, 0.05) is 78.7 Å². The van der Waals surface area contributed by atoms with Gasteiger partial charge in [-0.3, -0.25) is 44.2 Å². The molecule has 0 saturated heterocycles. The minimum absolute atomic E-state index is 0.0351. The van der Waals surface area contributed by atoms with E-state index in [0.717, 1.165) is 80.0 Å². The second-order valence-corrected chi connectivity index (χ2v) is 38.9. The number of Topliss-reactive ketones (excluding diaryl/α,β-unsaturated/α-hetero) is 1. The van der Waals surface area contributed by atoms with E-state index >= 15 is 0 Å². The van der Waals surface area contributed by atoms with E-state index in [1.165, 1.54) is 54.8 Å². The third kappa shape index (κ3) is 31.5. The predicted molar refractivity (Wildman–Crippen MR) is 537 cm³/mol. The van der Waals surface area contributed by atoms with Gasteiger partial charge in [0.1, 0.15) is 47.5 Å². The number of hydrogen-bond donors (Lipinski definition) is 10. The normalized spacial score (nSPS) is 12.7. The van der Waals surface area contributed by atoms with Crippen molar-refractivity contribution in [3.8, 4) is 0 Å². The number of rotatable bonds is 25. The van der Waals surface area contributed by atoms with Crippen molar-refractivity contribution in [3.05, 3.63) is 352 Å². The number of carbonyl (C=O) groups excluding carboxylic acids is 11. The number of ketones is 4. The highest BCUT2D eigenvalue weighted by molar-refractivity contribution is 7.17. The summed E-state index contributed by atoms with van der Waals surface area (Å²) >= 11 is 29.4. The topological polar surface area (TPSA) is 436 Å². The van der Waals surface area contributed by atoms with Crippen molar-refractivity contribution < 1.29 is 91.5 Å². The number of amides is 6. The molecule has 2 unspecified atom stereocenters. The zero-order chi connectivity index (χ0) is 101. The van der Waals surface area contributed by atoms with Crippen LogP contribution in [0.25, 0.3) is 0 Å².